The molecule has 3 N–H and O–H groups in total. The number of nitrogens with zero attached hydrogens (tertiary/aromatic N) is 2. The minimum atomic E-state index is -0.0693. The summed E-state index contributed by atoms with van der Waals surface area (Å²) in [6.45, 7) is 8.25. The predicted octanol–water partition coefficient (Wildman–Crippen LogP) is 2.64. The lowest BCUT2D eigenvalue weighted by molar-refractivity contribution is 0.211. The van der Waals surface area contributed by atoms with Crippen molar-refractivity contribution < 1.29 is 5.21 Å². The average molecular weight is 263 g/mol. The van der Waals surface area contributed by atoms with Crippen molar-refractivity contribution in [2.75, 3.05) is 13.1 Å². The number of hydrogen-bond acceptors (Lipinski definition) is 3. The van der Waals surface area contributed by atoms with E-state index in [1.54, 1.807) is 0 Å². The number of likely N-dealkylation sites (N-methyl/N-ethyl adjacent to an activating group) is 1. The SMILES string of the molecule is CCC(C)N(CC)CC(C(N)=NO)c1ccccc1. The molecule has 4 heteroatoms. The van der Waals surface area contributed by atoms with Crippen molar-refractivity contribution in [3.63, 3.8) is 0 Å². The summed E-state index contributed by atoms with van der Waals surface area (Å²) in [5.74, 6) is 0.202. The molecule has 0 bridgehead atoms. The van der Waals surface area contributed by atoms with Crippen molar-refractivity contribution in [3.8, 4) is 0 Å². The monoisotopic (exact) mass is 263 g/mol. The van der Waals surface area contributed by atoms with Crippen molar-refractivity contribution in [1.29, 1.82) is 0 Å². The smallest absolute Gasteiger partial charge is 0.147 e. The second-order valence-corrected chi connectivity index (χ2v) is 4.83. The van der Waals surface area contributed by atoms with Gasteiger partial charge in [-0.3, -0.25) is 4.90 Å². The van der Waals surface area contributed by atoms with E-state index in [0.717, 1.165) is 25.1 Å². The third-order valence-electron chi connectivity index (χ3n) is 3.71. The maximum absolute atomic E-state index is 8.99. The van der Waals surface area contributed by atoms with E-state index >= 15 is 0 Å². The number of nitrogens with two attached hydrogens (primary N) is 1. The van der Waals surface area contributed by atoms with Crippen molar-refractivity contribution in [2.45, 2.75) is 39.2 Å². The van der Waals surface area contributed by atoms with Gasteiger partial charge in [-0.1, -0.05) is 49.3 Å². The van der Waals surface area contributed by atoms with Crippen LogP contribution in [0.5, 0.6) is 0 Å². The Labute approximate surface area is 115 Å². The van der Waals surface area contributed by atoms with Gasteiger partial charge in [-0.05, 0) is 25.5 Å². The zero-order valence-corrected chi connectivity index (χ0v) is 12.1. The largest absolute Gasteiger partial charge is 0.409 e. The first-order valence-corrected chi connectivity index (χ1v) is 6.90. The summed E-state index contributed by atoms with van der Waals surface area (Å²) in [4.78, 5) is 2.36. The van der Waals surface area contributed by atoms with E-state index in [1.165, 1.54) is 0 Å². The summed E-state index contributed by atoms with van der Waals surface area (Å²) in [7, 11) is 0. The van der Waals surface area contributed by atoms with E-state index in [4.69, 9.17) is 10.9 Å². The Morgan fingerprint density at radius 1 is 1.32 bits per heavy atom. The van der Waals surface area contributed by atoms with Gasteiger partial charge in [0, 0.05) is 12.6 Å². The molecule has 19 heavy (non-hydrogen) atoms. The molecule has 0 fully saturated rings. The van der Waals surface area contributed by atoms with Crippen LogP contribution < -0.4 is 5.73 Å². The van der Waals surface area contributed by atoms with Gasteiger partial charge >= 0.3 is 0 Å². The Bertz CT molecular complexity index is 392. The van der Waals surface area contributed by atoms with Crippen molar-refractivity contribution >= 4 is 5.84 Å². The third-order valence-corrected chi connectivity index (χ3v) is 3.71. The van der Waals surface area contributed by atoms with E-state index in [-0.39, 0.29) is 11.8 Å². The van der Waals surface area contributed by atoms with Crippen LogP contribution in [-0.2, 0) is 0 Å². The van der Waals surface area contributed by atoms with Gasteiger partial charge in [0.25, 0.3) is 0 Å². The highest BCUT2D eigenvalue weighted by atomic mass is 16.4. The van der Waals surface area contributed by atoms with E-state index in [2.05, 4.69) is 30.8 Å². The number of benzene rings is 1. The zero-order valence-electron chi connectivity index (χ0n) is 12.1. The van der Waals surface area contributed by atoms with Gasteiger partial charge in [-0.2, -0.15) is 0 Å². The van der Waals surface area contributed by atoms with Crippen LogP contribution >= 0.6 is 0 Å². The lowest BCUT2D eigenvalue weighted by Crippen LogP contribution is -2.39. The third kappa shape index (κ3) is 4.24. The van der Waals surface area contributed by atoms with Crippen LogP contribution in [0.3, 0.4) is 0 Å². The number of rotatable bonds is 7. The molecule has 106 valence electrons. The molecular weight excluding hydrogens is 238 g/mol. The van der Waals surface area contributed by atoms with Gasteiger partial charge in [0.15, 0.2) is 0 Å². The molecule has 0 aliphatic rings. The highest BCUT2D eigenvalue weighted by Gasteiger charge is 2.21. The van der Waals surface area contributed by atoms with Crippen molar-refractivity contribution in [1.82, 2.24) is 4.90 Å². The molecule has 0 aliphatic carbocycles. The van der Waals surface area contributed by atoms with Crippen LogP contribution in [0.1, 0.15) is 38.7 Å². The number of oxime groups is 1. The summed E-state index contributed by atoms with van der Waals surface area (Å²) < 4.78 is 0. The van der Waals surface area contributed by atoms with Crippen LogP contribution in [0.4, 0.5) is 0 Å². The van der Waals surface area contributed by atoms with Gasteiger partial charge in [-0.25, -0.2) is 0 Å². The molecule has 0 saturated carbocycles. The minimum Gasteiger partial charge on any atom is -0.409 e. The Hall–Kier alpha value is -1.55. The molecule has 0 aliphatic heterocycles. The molecule has 0 aromatic heterocycles. The lowest BCUT2D eigenvalue weighted by Gasteiger charge is -2.30. The Balaban J connectivity index is 2.93. The Morgan fingerprint density at radius 3 is 2.42 bits per heavy atom. The first-order chi connectivity index (χ1) is 9.13. The van der Waals surface area contributed by atoms with Crippen LogP contribution in [0.2, 0.25) is 0 Å². The fourth-order valence-corrected chi connectivity index (χ4v) is 2.24. The molecule has 0 heterocycles. The molecule has 2 unspecified atom stereocenters. The average Bonchev–Trinajstić information content (AvgIpc) is 2.48. The van der Waals surface area contributed by atoms with Gasteiger partial charge in [0.2, 0.25) is 0 Å². The second-order valence-electron chi connectivity index (χ2n) is 4.83. The van der Waals surface area contributed by atoms with Crippen LogP contribution in [-0.4, -0.2) is 35.1 Å². The number of amidine groups is 1. The minimum absolute atomic E-state index is 0.0693. The quantitative estimate of drug-likeness (QED) is 0.344. The highest BCUT2D eigenvalue weighted by Crippen LogP contribution is 2.19. The fourth-order valence-electron chi connectivity index (χ4n) is 2.24. The van der Waals surface area contributed by atoms with E-state index in [0.29, 0.717) is 6.04 Å². The molecule has 4 nitrogen and oxygen atoms in total. The van der Waals surface area contributed by atoms with Crippen molar-refractivity contribution in [2.24, 2.45) is 10.9 Å². The molecule has 1 aromatic rings. The van der Waals surface area contributed by atoms with Crippen LogP contribution in [0.15, 0.2) is 35.5 Å². The predicted molar refractivity (Wildman–Crippen MR) is 79.6 cm³/mol. The topological polar surface area (TPSA) is 61.8 Å². The normalized spacial score (nSPS) is 15.5. The first-order valence-electron chi connectivity index (χ1n) is 6.90. The fraction of sp³-hybridized carbons (Fsp3) is 0.533. The van der Waals surface area contributed by atoms with Gasteiger partial charge in [0.1, 0.15) is 5.84 Å². The molecule has 0 spiro atoms. The molecule has 1 aromatic carbocycles. The van der Waals surface area contributed by atoms with E-state index in [1.807, 2.05) is 30.3 Å². The summed E-state index contributed by atoms with van der Waals surface area (Å²) >= 11 is 0. The maximum atomic E-state index is 8.99. The van der Waals surface area contributed by atoms with E-state index in [9.17, 15) is 0 Å². The van der Waals surface area contributed by atoms with Gasteiger partial charge in [-0.15, -0.1) is 0 Å². The Morgan fingerprint density at radius 2 is 1.95 bits per heavy atom. The number of hydrogen-bond donors (Lipinski definition) is 2. The first kappa shape index (κ1) is 15.5. The van der Waals surface area contributed by atoms with Gasteiger partial charge < -0.3 is 10.9 Å². The van der Waals surface area contributed by atoms with Crippen molar-refractivity contribution in [3.05, 3.63) is 35.9 Å². The summed E-state index contributed by atoms with van der Waals surface area (Å²) in [6.07, 6.45) is 1.09. The molecular formula is C15H25N3O. The summed E-state index contributed by atoms with van der Waals surface area (Å²) in [5, 5.41) is 12.2. The summed E-state index contributed by atoms with van der Waals surface area (Å²) in [6, 6.07) is 10.5. The van der Waals surface area contributed by atoms with Crippen LogP contribution in [0, 0.1) is 0 Å². The highest BCUT2D eigenvalue weighted by molar-refractivity contribution is 5.87. The second kappa shape index (κ2) is 7.79. The summed E-state index contributed by atoms with van der Waals surface area (Å²) in [5.41, 5.74) is 6.95. The molecule has 2 atom stereocenters. The van der Waals surface area contributed by atoms with Gasteiger partial charge in [0.05, 0.1) is 5.92 Å². The Kier molecular flexibility index (Phi) is 6.36. The van der Waals surface area contributed by atoms with E-state index < -0.39 is 0 Å². The molecule has 0 radical (unpaired) electrons. The standard InChI is InChI=1S/C15H25N3O/c1-4-12(3)18(5-2)11-14(15(16)17-19)13-9-7-6-8-10-13/h6-10,12,14,19H,4-5,11H2,1-3H3,(H2,16,17). The zero-order chi connectivity index (χ0) is 14.3. The lowest BCUT2D eigenvalue weighted by atomic mass is 9.96. The van der Waals surface area contributed by atoms with Crippen LogP contribution in [0.25, 0.3) is 0 Å². The molecule has 1 rings (SSSR count). The maximum Gasteiger partial charge on any atom is 0.147 e. The molecule has 0 saturated heterocycles. The molecule has 0 amide bonds.